The lowest BCUT2D eigenvalue weighted by atomic mass is 10.0. The van der Waals surface area contributed by atoms with E-state index in [0.29, 0.717) is 12.0 Å². The van der Waals surface area contributed by atoms with Gasteiger partial charge in [0, 0.05) is 12.6 Å². The van der Waals surface area contributed by atoms with Crippen LogP contribution in [0.25, 0.3) is 11.1 Å². The number of ether oxygens (including phenoxy) is 1. The molecule has 2 amide bonds. The van der Waals surface area contributed by atoms with Crippen LogP contribution in [0.2, 0.25) is 0 Å². The third-order valence-electron chi connectivity index (χ3n) is 3.97. The largest absolute Gasteiger partial charge is 0.497 e. The minimum Gasteiger partial charge on any atom is -0.497 e. The molecule has 5 heteroatoms. The number of hydrogen-bond donors (Lipinski definition) is 2. The summed E-state index contributed by atoms with van der Waals surface area (Å²) in [6.45, 7) is 1.98. The number of rotatable bonds is 7. The van der Waals surface area contributed by atoms with Crippen LogP contribution in [0.1, 0.15) is 30.1 Å². The molecule has 2 rings (SSSR count). The molecule has 0 bridgehead atoms. The number of carbonyl (C=O) groups is 2. The topological polar surface area (TPSA) is 67.4 Å². The third-order valence-corrected chi connectivity index (χ3v) is 3.97. The summed E-state index contributed by atoms with van der Waals surface area (Å²) < 4.78 is 5.25. The number of amides is 2. The van der Waals surface area contributed by atoms with Crippen LogP contribution in [-0.4, -0.2) is 32.0 Å². The van der Waals surface area contributed by atoms with Crippen molar-refractivity contribution in [1.29, 1.82) is 0 Å². The first-order chi connectivity index (χ1) is 12.1. The average molecular weight is 340 g/mol. The molecule has 2 aromatic rings. The molecule has 0 aromatic heterocycles. The predicted octanol–water partition coefficient (Wildman–Crippen LogP) is 3.01. The molecule has 0 aliphatic heterocycles. The highest BCUT2D eigenvalue weighted by atomic mass is 16.5. The molecule has 1 atom stereocenters. The quantitative estimate of drug-likeness (QED) is 0.814. The molecular weight excluding hydrogens is 316 g/mol. The van der Waals surface area contributed by atoms with Crippen LogP contribution in [0.15, 0.2) is 48.5 Å². The Morgan fingerprint density at radius 2 is 1.76 bits per heavy atom. The molecular formula is C20H24N2O3. The Morgan fingerprint density at radius 3 is 2.40 bits per heavy atom. The van der Waals surface area contributed by atoms with Crippen molar-refractivity contribution < 1.29 is 14.3 Å². The van der Waals surface area contributed by atoms with Crippen molar-refractivity contribution in [2.45, 2.75) is 25.8 Å². The Kier molecular flexibility index (Phi) is 6.57. The molecule has 0 aliphatic rings. The predicted molar refractivity (Wildman–Crippen MR) is 98.7 cm³/mol. The Balaban J connectivity index is 2.22. The van der Waals surface area contributed by atoms with Crippen molar-refractivity contribution in [1.82, 2.24) is 10.6 Å². The van der Waals surface area contributed by atoms with Crippen LogP contribution in [-0.2, 0) is 4.79 Å². The zero-order valence-electron chi connectivity index (χ0n) is 14.8. The number of methoxy groups -OCH3 is 1. The summed E-state index contributed by atoms with van der Waals surface area (Å²) in [6.07, 6.45) is 1.41. The minimum absolute atomic E-state index is 0.181. The SMILES string of the molecule is CCCC(NC(=O)c1cccc(-c2cccc(OC)c2)c1)C(=O)NC. The van der Waals surface area contributed by atoms with Gasteiger partial charge < -0.3 is 15.4 Å². The number of benzene rings is 2. The van der Waals surface area contributed by atoms with E-state index in [1.807, 2.05) is 49.4 Å². The van der Waals surface area contributed by atoms with Gasteiger partial charge in [-0.25, -0.2) is 0 Å². The lowest BCUT2D eigenvalue weighted by Gasteiger charge is -2.16. The van der Waals surface area contributed by atoms with Gasteiger partial charge in [0.2, 0.25) is 5.91 Å². The summed E-state index contributed by atoms with van der Waals surface area (Å²) in [5.74, 6) is 0.320. The summed E-state index contributed by atoms with van der Waals surface area (Å²) >= 11 is 0. The van der Waals surface area contributed by atoms with Gasteiger partial charge in [-0.3, -0.25) is 9.59 Å². The molecule has 0 aliphatic carbocycles. The fourth-order valence-electron chi connectivity index (χ4n) is 2.62. The van der Waals surface area contributed by atoms with Gasteiger partial charge in [0.15, 0.2) is 0 Å². The zero-order valence-corrected chi connectivity index (χ0v) is 14.8. The van der Waals surface area contributed by atoms with Gasteiger partial charge in [-0.1, -0.05) is 37.6 Å². The molecule has 1 unspecified atom stereocenters. The van der Waals surface area contributed by atoms with Crippen LogP contribution in [0.4, 0.5) is 0 Å². The van der Waals surface area contributed by atoms with E-state index >= 15 is 0 Å². The number of carbonyl (C=O) groups excluding carboxylic acids is 2. The van der Waals surface area contributed by atoms with E-state index in [4.69, 9.17) is 4.74 Å². The van der Waals surface area contributed by atoms with Crippen LogP contribution in [0.3, 0.4) is 0 Å². The van der Waals surface area contributed by atoms with E-state index in [1.165, 1.54) is 0 Å². The van der Waals surface area contributed by atoms with Crippen molar-refractivity contribution in [3.05, 3.63) is 54.1 Å². The monoisotopic (exact) mass is 340 g/mol. The molecule has 2 N–H and O–H groups in total. The minimum atomic E-state index is -0.525. The molecule has 0 spiro atoms. The van der Waals surface area contributed by atoms with Crippen LogP contribution in [0, 0.1) is 0 Å². The highest BCUT2D eigenvalue weighted by Crippen LogP contribution is 2.24. The lowest BCUT2D eigenvalue weighted by Crippen LogP contribution is -2.45. The van der Waals surface area contributed by atoms with Gasteiger partial charge in [-0.2, -0.15) is 0 Å². The molecule has 0 saturated heterocycles. The van der Waals surface area contributed by atoms with Crippen LogP contribution >= 0.6 is 0 Å². The normalized spacial score (nSPS) is 11.5. The van der Waals surface area contributed by atoms with Crippen LogP contribution in [0.5, 0.6) is 5.75 Å². The highest BCUT2D eigenvalue weighted by molar-refractivity contribution is 5.98. The van der Waals surface area contributed by atoms with Gasteiger partial charge in [0.05, 0.1) is 7.11 Å². The highest BCUT2D eigenvalue weighted by Gasteiger charge is 2.19. The van der Waals surface area contributed by atoms with Crippen molar-refractivity contribution in [3.63, 3.8) is 0 Å². The molecule has 5 nitrogen and oxygen atoms in total. The van der Waals surface area contributed by atoms with E-state index in [2.05, 4.69) is 10.6 Å². The van der Waals surface area contributed by atoms with Crippen molar-refractivity contribution in [3.8, 4) is 16.9 Å². The Labute approximate surface area is 148 Å². The number of hydrogen-bond acceptors (Lipinski definition) is 3. The van der Waals surface area contributed by atoms with Gasteiger partial charge in [-0.05, 0) is 41.8 Å². The summed E-state index contributed by atoms with van der Waals surface area (Å²) in [7, 11) is 3.19. The second-order valence-corrected chi connectivity index (χ2v) is 5.74. The maximum absolute atomic E-state index is 12.5. The summed E-state index contributed by atoms with van der Waals surface area (Å²) in [5, 5.41) is 5.40. The van der Waals surface area contributed by atoms with E-state index in [9.17, 15) is 9.59 Å². The summed E-state index contributed by atoms with van der Waals surface area (Å²) in [5.41, 5.74) is 2.40. The molecule has 0 saturated carbocycles. The molecule has 2 aromatic carbocycles. The second-order valence-electron chi connectivity index (χ2n) is 5.74. The molecule has 0 heterocycles. The van der Waals surface area contributed by atoms with Gasteiger partial charge in [0.1, 0.15) is 11.8 Å². The maximum atomic E-state index is 12.5. The molecule has 132 valence electrons. The first-order valence-corrected chi connectivity index (χ1v) is 8.36. The van der Waals surface area contributed by atoms with Crippen LogP contribution < -0.4 is 15.4 Å². The first kappa shape index (κ1) is 18.5. The molecule has 0 radical (unpaired) electrons. The van der Waals surface area contributed by atoms with Gasteiger partial charge in [0.25, 0.3) is 5.91 Å². The third kappa shape index (κ3) is 4.83. The zero-order chi connectivity index (χ0) is 18.2. The summed E-state index contributed by atoms with van der Waals surface area (Å²) in [4.78, 5) is 24.4. The Bertz CT molecular complexity index is 743. The standard InChI is InChI=1S/C20H24N2O3/c1-4-7-18(20(24)21-2)22-19(23)16-10-5-8-14(12-16)15-9-6-11-17(13-15)25-3/h5-6,8-13,18H,4,7H2,1-3H3,(H,21,24)(H,22,23). The smallest absolute Gasteiger partial charge is 0.251 e. The number of likely N-dealkylation sites (N-methyl/N-ethyl adjacent to an activating group) is 1. The van der Waals surface area contributed by atoms with Gasteiger partial charge in [-0.15, -0.1) is 0 Å². The van der Waals surface area contributed by atoms with Gasteiger partial charge >= 0.3 is 0 Å². The van der Waals surface area contributed by atoms with E-state index < -0.39 is 6.04 Å². The van der Waals surface area contributed by atoms with E-state index in [1.54, 1.807) is 20.2 Å². The van der Waals surface area contributed by atoms with Crippen molar-refractivity contribution in [2.24, 2.45) is 0 Å². The average Bonchev–Trinajstić information content (AvgIpc) is 2.67. The van der Waals surface area contributed by atoms with Crippen molar-refractivity contribution >= 4 is 11.8 Å². The Morgan fingerprint density at radius 1 is 1.08 bits per heavy atom. The fourth-order valence-corrected chi connectivity index (χ4v) is 2.62. The van der Waals surface area contributed by atoms with E-state index in [0.717, 1.165) is 23.3 Å². The molecule has 25 heavy (non-hydrogen) atoms. The maximum Gasteiger partial charge on any atom is 0.251 e. The summed E-state index contributed by atoms with van der Waals surface area (Å²) in [6, 6.07) is 14.5. The first-order valence-electron chi connectivity index (χ1n) is 8.36. The van der Waals surface area contributed by atoms with Crippen molar-refractivity contribution in [2.75, 3.05) is 14.2 Å². The fraction of sp³-hybridized carbons (Fsp3) is 0.300. The second kappa shape index (κ2) is 8.87. The van der Waals surface area contributed by atoms with E-state index in [-0.39, 0.29) is 11.8 Å². The lowest BCUT2D eigenvalue weighted by molar-refractivity contribution is -0.122. The molecule has 0 fully saturated rings. The number of nitrogens with one attached hydrogen (secondary N) is 2. The Hall–Kier alpha value is -2.82.